The number of fused-ring (bicyclic) bond motifs is 1. The van der Waals surface area contributed by atoms with Crippen LogP contribution in [0.4, 0.5) is 5.82 Å². The molecule has 0 aliphatic heterocycles. The molecule has 0 aliphatic carbocycles. The summed E-state index contributed by atoms with van der Waals surface area (Å²) in [6, 6.07) is 9.81. The van der Waals surface area contributed by atoms with Gasteiger partial charge in [0.25, 0.3) is 0 Å². The minimum absolute atomic E-state index is 0.0489. The van der Waals surface area contributed by atoms with Gasteiger partial charge in [-0.15, -0.1) is 5.10 Å². The van der Waals surface area contributed by atoms with Crippen molar-refractivity contribution in [3.63, 3.8) is 0 Å². The molecule has 5 N–H and O–H groups in total. The largest absolute Gasteiger partial charge is 0.396 e. The molecule has 8 heteroatoms. The summed E-state index contributed by atoms with van der Waals surface area (Å²) < 4.78 is 1.62. The second kappa shape index (κ2) is 6.54. The average Bonchev–Trinajstić information content (AvgIpc) is 2.98. The molecule has 0 amide bonds. The third-order valence-corrected chi connectivity index (χ3v) is 3.55. The lowest BCUT2D eigenvalue weighted by atomic mass is 10.1. The van der Waals surface area contributed by atoms with Gasteiger partial charge in [0, 0.05) is 24.3 Å². The zero-order chi connectivity index (χ0) is 17.2. The maximum atomic E-state index is 9.33. The van der Waals surface area contributed by atoms with Gasteiger partial charge in [-0.05, 0) is 24.6 Å². The number of hydrogen-bond donors (Lipinski definition) is 5. The van der Waals surface area contributed by atoms with E-state index in [4.69, 9.17) is 5.11 Å². The Balaban J connectivity index is 1.99. The molecule has 24 heavy (non-hydrogen) atoms. The maximum absolute atomic E-state index is 9.33. The van der Waals surface area contributed by atoms with Crippen molar-refractivity contribution in [2.24, 2.45) is 0 Å². The van der Waals surface area contributed by atoms with E-state index in [2.05, 4.69) is 15.4 Å². The van der Waals surface area contributed by atoms with Crippen molar-refractivity contribution in [1.29, 1.82) is 0 Å². The van der Waals surface area contributed by atoms with Crippen LogP contribution in [-0.4, -0.2) is 48.2 Å². The minimum Gasteiger partial charge on any atom is -0.396 e. The molecule has 3 rings (SSSR count). The van der Waals surface area contributed by atoms with Crippen LogP contribution in [0.15, 0.2) is 42.6 Å². The van der Waals surface area contributed by atoms with E-state index in [-0.39, 0.29) is 12.2 Å². The lowest BCUT2D eigenvalue weighted by molar-refractivity contribution is -0.323. The molecule has 0 fully saturated rings. The molecular weight excluding hydrogens is 312 g/mol. The second-order valence-corrected chi connectivity index (χ2v) is 5.35. The number of imidazole rings is 1. The van der Waals surface area contributed by atoms with Crippen molar-refractivity contribution in [3.05, 3.63) is 48.2 Å². The molecule has 0 radical (unpaired) electrons. The summed E-state index contributed by atoms with van der Waals surface area (Å²) in [5.74, 6) is -2.27. The normalized spacial score (nSPS) is 11.8. The van der Waals surface area contributed by atoms with Crippen molar-refractivity contribution in [3.8, 4) is 11.3 Å². The standard InChI is InChI=1S/C16H18N4O4/c21-8-2-7-17-14-5-6-15-18-10-13(20(15)19-14)11-3-1-4-12(9-11)16(22,23)24/h1,3-6,9-10,21-24H,2,7-8H2,(H,17,19). The fraction of sp³-hybridized carbons (Fsp3) is 0.250. The number of nitrogens with one attached hydrogen (secondary N) is 1. The molecule has 3 aromatic rings. The van der Waals surface area contributed by atoms with Crippen molar-refractivity contribution >= 4 is 11.5 Å². The van der Waals surface area contributed by atoms with E-state index >= 15 is 0 Å². The van der Waals surface area contributed by atoms with Gasteiger partial charge in [-0.25, -0.2) is 9.50 Å². The third-order valence-electron chi connectivity index (χ3n) is 3.55. The van der Waals surface area contributed by atoms with Gasteiger partial charge in [-0.2, -0.15) is 0 Å². The summed E-state index contributed by atoms with van der Waals surface area (Å²) >= 11 is 0. The number of aliphatic hydroxyl groups is 4. The zero-order valence-electron chi connectivity index (χ0n) is 12.8. The predicted octanol–water partition coefficient (Wildman–Crippen LogP) is 0.278. The van der Waals surface area contributed by atoms with Gasteiger partial charge in [-0.3, -0.25) is 0 Å². The molecule has 0 aliphatic rings. The lowest BCUT2D eigenvalue weighted by Gasteiger charge is -2.15. The Labute approximate surface area is 137 Å². The van der Waals surface area contributed by atoms with E-state index < -0.39 is 5.97 Å². The molecule has 2 aromatic heterocycles. The molecule has 126 valence electrons. The molecule has 8 nitrogen and oxygen atoms in total. The van der Waals surface area contributed by atoms with Crippen LogP contribution >= 0.6 is 0 Å². The first-order valence-electron chi connectivity index (χ1n) is 7.46. The summed E-state index contributed by atoms with van der Waals surface area (Å²) in [6.45, 7) is 0.695. The quantitative estimate of drug-likeness (QED) is 0.325. The predicted molar refractivity (Wildman–Crippen MR) is 86.9 cm³/mol. The Bertz CT molecular complexity index is 841. The van der Waals surface area contributed by atoms with Gasteiger partial charge in [0.1, 0.15) is 5.82 Å². The molecular formula is C16H18N4O4. The number of aliphatic hydroxyl groups excluding tert-OH is 1. The van der Waals surface area contributed by atoms with Crippen molar-refractivity contribution < 1.29 is 20.4 Å². The zero-order valence-corrected chi connectivity index (χ0v) is 12.8. The molecule has 0 saturated carbocycles. The number of aromatic nitrogens is 3. The van der Waals surface area contributed by atoms with E-state index in [1.54, 1.807) is 35.0 Å². The van der Waals surface area contributed by atoms with Crippen molar-refractivity contribution in [2.45, 2.75) is 12.4 Å². The molecule has 0 saturated heterocycles. The smallest absolute Gasteiger partial charge is 0.304 e. The van der Waals surface area contributed by atoms with E-state index in [0.29, 0.717) is 35.7 Å². The number of rotatable bonds is 6. The van der Waals surface area contributed by atoms with Crippen molar-refractivity contribution in [1.82, 2.24) is 14.6 Å². The van der Waals surface area contributed by atoms with Gasteiger partial charge in [0.05, 0.1) is 11.9 Å². The van der Waals surface area contributed by atoms with E-state index in [1.807, 2.05) is 0 Å². The Morgan fingerprint density at radius 1 is 1.12 bits per heavy atom. The van der Waals surface area contributed by atoms with E-state index in [9.17, 15) is 15.3 Å². The van der Waals surface area contributed by atoms with Crippen LogP contribution in [0.1, 0.15) is 12.0 Å². The number of anilines is 1. The number of hydrogen-bond acceptors (Lipinski definition) is 7. The van der Waals surface area contributed by atoms with Gasteiger partial charge in [0.15, 0.2) is 5.65 Å². The average molecular weight is 330 g/mol. The lowest BCUT2D eigenvalue weighted by Crippen LogP contribution is -2.23. The van der Waals surface area contributed by atoms with Crippen LogP contribution in [0, 0.1) is 0 Å². The Kier molecular flexibility index (Phi) is 4.45. The first kappa shape index (κ1) is 16.3. The monoisotopic (exact) mass is 330 g/mol. The number of benzene rings is 1. The molecule has 0 spiro atoms. The summed E-state index contributed by atoms with van der Waals surface area (Å²) in [5, 5.41) is 44.4. The molecule has 0 bridgehead atoms. The Morgan fingerprint density at radius 2 is 1.96 bits per heavy atom. The first-order valence-corrected chi connectivity index (χ1v) is 7.46. The van der Waals surface area contributed by atoms with Crippen LogP contribution in [0.5, 0.6) is 0 Å². The Morgan fingerprint density at radius 3 is 2.71 bits per heavy atom. The fourth-order valence-electron chi connectivity index (χ4n) is 2.35. The van der Waals surface area contributed by atoms with Gasteiger partial charge in [0.2, 0.25) is 0 Å². The highest BCUT2D eigenvalue weighted by Gasteiger charge is 2.22. The second-order valence-electron chi connectivity index (χ2n) is 5.35. The van der Waals surface area contributed by atoms with Gasteiger partial charge in [-0.1, -0.05) is 18.2 Å². The van der Waals surface area contributed by atoms with E-state index in [0.717, 1.165) is 0 Å². The highest BCUT2D eigenvalue weighted by molar-refractivity contribution is 5.64. The van der Waals surface area contributed by atoms with Crippen LogP contribution in [0.2, 0.25) is 0 Å². The molecule has 0 unspecified atom stereocenters. The maximum Gasteiger partial charge on any atom is 0.304 e. The van der Waals surface area contributed by atoms with Crippen molar-refractivity contribution in [2.75, 3.05) is 18.5 Å². The molecule has 1 aromatic carbocycles. The van der Waals surface area contributed by atoms with Crippen LogP contribution < -0.4 is 5.32 Å². The van der Waals surface area contributed by atoms with E-state index in [1.165, 1.54) is 12.1 Å². The van der Waals surface area contributed by atoms with Crippen LogP contribution in [0.25, 0.3) is 16.9 Å². The van der Waals surface area contributed by atoms with Crippen LogP contribution in [0.3, 0.4) is 0 Å². The summed E-state index contributed by atoms with van der Waals surface area (Å²) in [4.78, 5) is 4.27. The molecule has 0 atom stereocenters. The summed E-state index contributed by atoms with van der Waals surface area (Å²) in [7, 11) is 0. The summed E-state index contributed by atoms with van der Waals surface area (Å²) in [6.07, 6.45) is 2.23. The van der Waals surface area contributed by atoms with Gasteiger partial charge >= 0.3 is 5.97 Å². The SMILES string of the molecule is OCCCNc1ccc2ncc(-c3cccc(C(O)(O)O)c3)n2n1. The highest BCUT2D eigenvalue weighted by Crippen LogP contribution is 2.25. The number of nitrogens with zero attached hydrogens (tertiary/aromatic N) is 3. The van der Waals surface area contributed by atoms with Gasteiger partial charge < -0.3 is 25.7 Å². The topological polar surface area (TPSA) is 123 Å². The highest BCUT2D eigenvalue weighted by atomic mass is 16.7. The minimum atomic E-state index is -2.90. The Hall–Kier alpha value is -2.52. The summed E-state index contributed by atoms with van der Waals surface area (Å²) in [5.41, 5.74) is 1.85. The first-order chi connectivity index (χ1) is 11.5. The third kappa shape index (κ3) is 3.36. The molecule has 2 heterocycles. The van der Waals surface area contributed by atoms with Crippen LogP contribution in [-0.2, 0) is 5.97 Å². The fourth-order valence-corrected chi connectivity index (χ4v) is 2.35.